The fourth-order valence-corrected chi connectivity index (χ4v) is 4.61. The zero-order valence-corrected chi connectivity index (χ0v) is 19.9. The van der Waals surface area contributed by atoms with Crippen LogP contribution < -0.4 is 10.9 Å². The first-order chi connectivity index (χ1) is 16.3. The van der Waals surface area contributed by atoms with Crippen molar-refractivity contribution in [1.29, 1.82) is 0 Å². The number of amides is 1. The van der Waals surface area contributed by atoms with Crippen molar-refractivity contribution in [3.8, 4) is 11.1 Å². The minimum Gasteiger partial charge on any atom is -0.462 e. The van der Waals surface area contributed by atoms with E-state index in [2.05, 4.69) is 21.2 Å². The maximum Gasteiger partial charge on any atom is 0.349 e. The fourth-order valence-electron chi connectivity index (χ4n) is 3.28. The topological polar surface area (TPSA) is 129 Å². The van der Waals surface area contributed by atoms with E-state index in [1.165, 1.54) is 24.3 Å². The summed E-state index contributed by atoms with van der Waals surface area (Å²) in [5, 5.41) is 16.0. The lowest BCUT2D eigenvalue weighted by Gasteiger charge is -2.09. The van der Waals surface area contributed by atoms with Gasteiger partial charge in [0.05, 0.1) is 11.5 Å². The highest BCUT2D eigenvalue weighted by atomic mass is 79.9. The van der Waals surface area contributed by atoms with E-state index in [1.807, 2.05) is 0 Å². The Bertz CT molecular complexity index is 1510. The van der Waals surface area contributed by atoms with Crippen LogP contribution >= 0.6 is 27.3 Å². The van der Waals surface area contributed by atoms with Gasteiger partial charge in [0.2, 0.25) is 0 Å². The van der Waals surface area contributed by atoms with Gasteiger partial charge in [-0.3, -0.25) is 14.9 Å². The molecule has 2 aromatic carbocycles. The number of fused-ring (bicyclic) bond motifs is 1. The van der Waals surface area contributed by atoms with Crippen molar-refractivity contribution in [2.45, 2.75) is 6.92 Å². The number of esters is 1. The molecule has 172 valence electrons. The number of benzene rings is 2. The molecule has 0 aliphatic heterocycles. The van der Waals surface area contributed by atoms with E-state index in [0.717, 1.165) is 15.8 Å². The van der Waals surface area contributed by atoms with Crippen LogP contribution in [-0.4, -0.2) is 23.4 Å². The average molecular weight is 543 g/mol. The standard InChI is InChI=1S/C23H15BrN2O7S/c1-2-32-23(29)19-17(12-4-3-5-15(9-12)26(30)31)11-34-21(19)25-20(27)16-10-13-8-14(24)6-7-18(13)33-22(16)28/h3-11H,2H2,1H3,(H,25,27). The number of hydrogen-bond donors (Lipinski definition) is 1. The monoisotopic (exact) mass is 542 g/mol. The van der Waals surface area contributed by atoms with E-state index in [9.17, 15) is 24.5 Å². The van der Waals surface area contributed by atoms with Crippen molar-refractivity contribution in [2.75, 3.05) is 11.9 Å². The highest BCUT2D eigenvalue weighted by molar-refractivity contribution is 9.10. The molecule has 0 saturated carbocycles. The molecule has 4 aromatic rings. The van der Waals surface area contributed by atoms with E-state index in [-0.39, 0.29) is 28.4 Å². The van der Waals surface area contributed by atoms with Crippen LogP contribution in [0.5, 0.6) is 0 Å². The Hall–Kier alpha value is -3.83. The van der Waals surface area contributed by atoms with Crippen LogP contribution in [-0.2, 0) is 4.74 Å². The first-order valence-electron chi connectivity index (χ1n) is 9.86. The summed E-state index contributed by atoms with van der Waals surface area (Å²) in [5.74, 6) is -1.48. The summed E-state index contributed by atoms with van der Waals surface area (Å²) in [6.07, 6.45) is 0. The van der Waals surface area contributed by atoms with Crippen LogP contribution in [0.25, 0.3) is 22.1 Å². The van der Waals surface area contributed by atoms with Gasteiger partial charge in [0.1, 0.15) is 21.7 Å². The van der Waals surface area contributed by atoms with Crippen LogP contribution in [0.4, 0.5) is 10.7 Å². The van der Waals surface area contributed by atoms with E-state index in [0.29, 0.717) is 22.1 Å². The molecule has 34 heavy (non-hydrogen) atoms. The maximum absolute atomic E-state index is 13.0. The van der Waals surface area contributed by atoms with Gasteiger partial charge in [0.25, 0.3) is 11.6 Å². The number of thiophene rings is 1. The molecule has 1 amide bonds. The van der Waals surface area contributed by atoms with Gasteiger partial charge >= 0.3 is 11.6 Å². The first kappa shape index (κ1) is 23.3. The number of carbonyl (C=O) groups excluding carboxylic acids is 2. The summed E-state index contributed by atoms with van der Waals surface area (Å²) < 4.78 is 11.1. The Morgan fingerprint density at radius 2 is 2.00 bits per heavy atom. The van der Waals surface area contributed by atoms with E-state index in [1.54, 1.807) is 36.6 Å². The number of anilines is 1. The van der Waals surface area contributed by atoms with Crippen LogP contribution in [0, 0.1) is 10.1 Å². The second kappa shape index (κ2) is 9.57. The molecule has 0 fully saturated rings. The number of carbonyl (C=O) groups is 2. The van der Waals surface area contributed by atoms with Gasteiger partial charge in [-0.2, -0.15) is 0 Å². The Labute approximate surface area is 204 Å². The molecule has 0 spiro atoms. The predicted molar refractivity (Wildman–Crippen MR) is 131 cm³/mol. The first-order valence-corrected chi connectivity index (χ1v) is 11.5. The lowest BCUT2D eigenvalue weighted by molar-refractivity contribution is -0.384. The highest BCUT2D eigenvalue weighted by Gasteiger charge is 2.25. The van der Waals surface area contributed by atoms with Gasteiger partial charge in [-0.25, -0.2) is 9.59 Å². The minimum atomic E-state index is -0.833. The van der Waals surface area contributed by atoms with Crippen LogP contribution in [0.3, 0.4) is 0 Å². The number of nitro benzene ring substituents is 1. The zero-order valence-electron chi connectivity index (χ0n) is 17.5. The molecule has 1 N–H and O–H groups in total. The largest absolute Gasteiger partial charge is 0.462 e. The summed E-state index contributed by atoms with van der Waals surface area (Å²) in [5.41, 5.74) is -0.106. The van der Waals surface area contributed by atoms with E-state index in [4.69, 9.17) is 9.15 Å². The molecule has 9 nitrogen and oxygen atoms in total. The minimum absolute atomic E-state index is 0.0358. The lowest BCUT2D eigenvalue weighted by Crippen LogP contribution is -2.21. The van der Waals surface area contributed by atoms with Gasteiger partial charge in [-0.1, -0.05) is 28.1 Å². The molecule has 0 aliphatic rings. The number of nitro groups is 1. The highest BCUT2D eigenvalue weighted by Crippen LogP contribution is 2.37. The van der Waals surface area contributed by atoms with Gasteiger partial charge in [0, 0.05) is 32.9 Å². The third-order valence-corrected chi connectivity index (χ3v) is 6.19. The molecular formula is C23H15BrN2O7S. The van der Waals surface area contributed by atoms with Gasteiger partial charge in [-0.15, -0.1) is 11.3 Å². The Balaban J connectivity index is 1.76. The van der Waals surface area contributed by atoms with Gasteiger partial charge < -0.3 is 14.5 Å². The summed E-state index contributed by atoms with van der Waals surface area (Å²) in [6, 6.07) is 12.2. The molecule has 11 heteroatoms. The van der Waals surface area contributed by atoms with Crippen molar-refractivity contribution in [3.05, 3.63) is 90.0 Å². The molecule has 0 unspecified atom stereocenters. The Morgan fingerprint density at radius 1 is 1.21 bits per heavy atom. The molecule has 0 saturated heterocycles. The number of nitrogens with zero attached hydrogens (tertiary/aromatic N) is 1. The number of halogens is 1. The van der Waals surface area contributed by atoms with Gasteiger partial charge in [0.15, 0.2) is 0 Å². The molecular weight excluding hydrogens is 528 g/mol. The molecule has 2 heterocycles. The molecule has 0 aliphatic carbocycles. The third-order valence-electron chi connectivity index (χ3n) is 4.80. The van der Waals surface area contributed by atoms with Crippen LogP contribution in [0.15, 0.2) is 67.6 Å². The van der Waals surface area contributed by atoms with Crippen molar-refractivity contribution in [1.82, 2.24) is 0 Å². The molecule has 2 aromatic heterocycles. The predicted octanol–water partition coefficient (Wildman–Crippen LogP) is 5.62. The lowest BCUT2D eigenvalue weighted by atomic mass is 10.0. The summed E-state index contributed by atoms with van der Waals surface area (Å²) >= 11 is 4.36. The second-order valence-corrected chi connectivity index (χ2v) is 8.76. The summed E-state index contributed by atoms with van der Waals surface area (Å²) in [6.45, 7) is 1.72. The van der Waals surface area contributed by atoms with Crippen molar-refractivity contribution >= 4 is 60.8 Å². The SMILES string of the molecule is CCOC(=O)c1c(-c2cccc([N+](=O)[O-])c2)csc1NC(=O)c1cc2cc(Br)ccc2oc1=O. The fraction of sp³-hybridized carbons (Fsp3) is 0.0870. The zero-order chi connectivity index (χ0) is 24.4. The summed E-state index contributed by atoms with van der Waals surface area (Å²) in [7, 11) is 0. The van der Waals surface area contributed by atoms with Crippen LogP contribution in [0.1, 0.15) is 27.6 Å². The number of ether oxygens (including phenoxy) is 1. The van der Waals surface area contributed by atoms with Crippen molar-refractivity contribution < 1.29 is 23.7 Å². The number of nitrogens with one attached hydrogen (secondary N) is 1. The Kier molecular flexibility index (Phi) is 6.57. The quantitative estimate of drug-likeness (QED) is 0.145. The number of rotatable bonds is 6. The second-order valence-electron chi connectivity index (χ2n) is 6.97. The molecule has 0 radical (unpaired) electrons. The molecule has 0 bridgehead atoms. The van der Waals surface area contributed by atoms with E-state index >= 15 is 0 Å². The average Bonchev–Trinajstić information content (AvgIpc) is 3.22. The molecule has 4 rings (SSSR count). The molecule has 0 atom stereocenters. The maximum atomic E-state index is 13.0. The third kappa shape index (κ3) is 4.61. The smallest absolute Gasteiger partial charge is 0.349 e. The van der Waals surface area contributed by atoms with Crippen LogP contribution in [0.2, 0.25) is 0 Å². The number of hydrogen-bond acceptors (Lipinski definition) is 8. The normalized spacial score (nSPS) is 10.8. The Morgan fingerprint density at radius 3 is 2.74 bits per heavy atom. The van der Waals surface area contributed by atoms with Crippen molar-refractivity contribution in [2.24, 2.45) is 0 Å². The summed E-state index contributed by atoms with van der Waals surface area (Å²) in [4.78, 5) is 48.8. The van der Waals surface area contributed by atoms with Crippen molar-refractivity contribution in [3.63, 3.8) is 0 Å². The van der Waals surface area contributed by atoms with E-state index < -0.39 is 22.4 Å². The van der Waals surface area contributed by atoms with Gasteiger partial charge in [-0.05, 0) is 36.8 Å². The number of non-ortho nitro benzene ring substituents is 1.